The van der Waals surface area contributed by atoms with E-state index in [1.165, 1.54) is 4.90 Å². The summed E-state index contributed by atoms with van der Waals surface area (Å²) in [6.45, 7) is 2.33. The van der Waals surface area contributed by atoms with Crippen molar-refractivity contribution in [3.63, 3.8) is 0 Å². The van der Waals surface area contributed by atoms with Crippen molar-refractivity contribution in [1.29, 1.82) is 0 Å². The molecule has 11 heteroatoms. The van der Waals surface area contributed by atoms with Crippen LogP contribution in [0.2, 0.25) is 0 Å². The molecule has 198 valence electrons. The molecular formula is C27H30N6O5. The fourth-order valence-corrected chi connectivity index (χ4v) is 4.51. The summed E-state index contributed by atoms with van der Waals surface area (Å²) in [6, 6.07) is 14.3. The van der Waals surface area contributed by atoms with Crippen molar-refractivity contribution in [3.8, 4) is 5.75 Å². The lowest BCUT2D eigenvalue weighted by Crippen LogP contribution is -2.49. The number of benzene rings is 2. The van der Waals surface area contributed by atoms with Crippen LogP contribution in [0.3, 0.4) is 0 Å². The van der Waals surface area contributed by atoms with Crippen molar-refractivity contribution in [2.45, 2.75) is 25.3 Å². The lowest BCUT2D eigenvalue weighted by molar-refractivity contribution is -0.135. The van der Waals surface area contributed by atoms with Crippen molar-refractivity contribution in [3.05, 3.63) is 71.3 Å². The van der Waals surface area contributed by atoms with E-state index < -0.39 is 11.9 Å². The minimum Gasteiger partial charge on any atom is -0.489 e. The number of rotatable bonds is 7. The first kappa shape index (κ1) is 25.4. The molecule has 1 atom stereocenters. The van der Waals surface area contributed by atoms with Crippen molar-refractivity contribution in [2.24, 2.45) is 0 Å². The zero-order valence-electron chi connectivity index (χ0n) is 21.2. The van der Waals surface area contributed by atoms with Gasteiger partial charge in [0.15, 0.2) is 0 Å². The molecule has 2 aliphatic heterocycles. The highest BCUT2D eigenvalue weighted by atomic mass is 16.5. The SMILES string of the molecule is CN1C(=O)[C@H](NC(=O)c2n[nH]c(Cc3ccccc3)n2)COc2ccc(CCC(=O)N3CCOCC3)cc21. The first-order valence-electron chi connectivity index (χ1n) is 12.6. The van der Waals surface area contributed by atoms with Gasteiger partial charge in [-0.25, -0.2) is 4.98 Å². The van der Waals surface area contributed by atoms with Crippen LogP contribution in [0.1, 0.15) is 34.0 Å². The van der Waals surface area contributed by atoms with E-state index >= 15 is 0 Å². The van der Waals surface area contributed by atoms with Crippen LogP contribution in [0.5, 0.6) is 5.75 Å². The Kier molecular flexibility index (Phi) is 7.64. The number of carbonyl (C=O) groups excluding carboxylic acids is 3. The van der Waals surface area contributed by atoms with Gasteiger partial charge in [0.1, 0.15) is 24.2 Å². The van der Waals surface area contributed by atoms with E-state index in [2.05, 4.69) is 20.5 Å². The van der Waals surface area contributed by atoms with Crippen LogP contribution in [0, 0.1) is 0 Å². The maximum Gasteiger partial charge on any atom is 0.291 e. The molecule has 11 nitrogen and oxygen atoms in total. The molecular weight excluding hydrogens is 488 g/mol. The summed E-state index contributed by atoms with van der Waals surface area (Å²) in [5.41, 5.74) is 2.54. The third-order valence-corrected chi connectivity index (χ3v) is 6.66. The summed E-state index contributed by atoms with van der Waals surface area (Å²) in [6.07, 6.45) is 1.42. The largest absolute Gasteiger partial charge is 0.489 e. The van der Waals surface area contributed by atoms with Crippen LogP contribution < -0.4 is 15.0 Å². The van der Waals surface area contributed by atoms with E-state index in [4.69, 9.17) is 9.47 Å². The number of nitrogens with zero attached hydrogens (tertiary/aromatic N) is 4. The van der Waals surface area contributed by atoms with Crippen LogP contribution in [0.15, 0.2) is 48.5 Å². The Bertz CT molecular complexity index is 1300. The second-order valence-electron chi connectivity index (χ2n) is 9.30. The molecule has 0 unspecified atom stereocenters. The molecule has 0 radical (unpaired) electrons. The number of anilines is 1. The smallest absolute Gasteiger partial charge is 0.291 e. The number of morpholine rings is 1. The first-order valence-corrected chi connectivity index (χ1v) is 12.6. The number of fused-ring (bicyclic) bond motifs is 1. The number of aromatic nitrogens is 3. The van der Waals surface area contributed by atoms with Crippen LogP contribution in [-0.4, -0.2) is 83.8 Å². The van der Waals surface area contributed by atoms with Crippen LogP contribution in [-0.2, 0) is 27.2 Å². The van der Waals surface area contributed by atoms with Gasteiger partial charge >= 0.3 is 0 Å². The molecule has 1 fully saturated rings. The van der Waals surface area contributed by atoms with Gasteiger partial charge < -0.3 is 24.6 Å². The summed E-state index contributed by atoms with van der Waals surface area (Å²) in [5, 5.41) is 9.49. The van der Waals surface area contributed by atoms with E-state index in [1.54, 1.807) is 13.1 Å². The minimum absolute atomic E-state index is 0.0297. The fraction of sp³-hybridized carbons (Fsp3) is 0.370. The van der Waals surface area contributed by atoms with Crippen LogP contribution >= 0.6 is 0 Å². The fourth-order valence-electron chi connectivity index (χ4n) is 4.51. The number of carbonyl (C=O) groups is 3. The van der Waals surface area contributed by atoms with E-state index in [1.807, 2.05) is 47.4 Å². The summed E-state index contributed by atoms with van der Waals surface area (Å²) < 4.78 is 11.2. The van der Waals surface area contributed by atoms with Gasteiger partial charge in [-0.05, 0) is 29.7 Å². The van der Waals surface area contributed by atoms with Gasteiger partial charge in [-0.2, -0.15) is 0 Å². The number of nitrogens with one attached hydrogen (secondary N) is 2. The molecule has 3 aromatic rings. The zero-order valence-corrected chi connectivity index (χ0v) is 21.2. The lowest BCUT2D eigenvalue weighted by Gasteiger charge is -2.27. The second kappa shape index (κ2) is 11.4. The molecule has 2 N–H and O–H groups in total. The molecule has 0 saturated carbocycles. The Morgan fingerprint density at radius 3 is 2.68 bits per heavy atom. The van der Waals surface area contributed by atoms with Gasteiger partial charge in [0.25, 0.3) is 11.8 Å². The number of ether oxygens (including phenoxy) is 2. The normalized spacial score (nSPS) is 17.4. The predicted molar refractivity (Wildman–Crippen MR) is 138 cm³/mol. The van der Waals surface area contributed by atoms with Gasteiger partial charge in [0, 0.05) is 33.0 Å². The Labute approximate surface area is 220 Å². The lowest BCUT2D eigenvalue weighted by atomic mass is 10.1. The maximum atomic E-state index is 13.2. The molecule has 3 amide bonds. The van der Waals surface area contributed by atoms with Gasteiger partial charge in [0.05, 0.1) is 18.9 Å². The first-order chi connectivity index (χ1) is 18.5. The highest BCUT2D eigenvalue weighted by Crippen LogP contribution is 2.32. The van der Waals surface area contributed by atoms with E-state index in [-0.39, 0.29) is 24.2 Å². The quantitative estimate of drug-likeness (QED) is 0.483. The molecule has 0 bridgehead atoms. The number of hydrogen-bond acceptors (Lipinski definition) is 7. The Hall–Kier alpha value is -4.25. The standard InChI is InChI=1S/C27H30N6O5/c1-32-21-15-19(8-10-24(34)33-11-13-37-14-12-33)7-9-22(21)38-17-20(27(32)36)28-26(35)25-29-23(30-31-25)16-18-5-3-2-4-6-18/h2-7,9,15,20H,8,10-14,16-17H2,1H3,(H,28,35)(H,29,30,31)/t20-/m1/s1. The van der Waals surface area contributed by atoms with Crippen molar-refractivity contribution < 1.29 is 23.9 Å². The maximum absolute atomic E-state index is 13.2. The van der Waals surface area contributed by atoms with E-state index in [9.17, 15) is 14.4 Å². The molecule has 0 aliphatic carbocycles. The van der Waals surface area contributed by atoms with Crippen LogP contribution in [0.4, 0.5) is 5.69 Å². The van der Waals surface area contributed by atoms with Crippen molar-refractivity contribution in [1.82, 2.24) is 25.4 Å². The second-order valence-corrected chi connectivity index (χ2v) is 9.30. The number of hydrogen-bond donors (Lipinski definition) is 2. The molecule has 1 saturated heterocycles. The Morgan fingerprint density at radius 2 is 1.89 bits per heavy atom. The number of likely N-dealkylation sites (N-methyl/N-ethyl adjacent to an activating group) is 1. The predicted octanol–water partition coefficient (Wildman–Crippen LogP) is 1.34. The number of amides is 3. The average Bonchev–Trinajstić information content (AvgIpc) is 3.39. The molecule has 38 heavy (non-hydrogen) atoms. The summed E-state index contributed by atoms with van der Waals surface area (Å²) in [7, 11) is 1.64. The third kappa shape index (κ3) is 5.83. The highest BCUT2D eigenvalue weighted by molar-refractivity contribution is 6.02. The Balaban J connectivity index is 1.20. The highest BCUT2D eigenvalue weighted by Gasteiger charge is 2.32. The third-order valence-electron chi connectivity index (χ3n) is 6.66. The molecule has 5 rings (SSSR count). The van der Waals surface area contributed by atoms with Crippen LogP contribution in [0.25, 0.3) is 0 Å². The Morgan fingerprint density at radius 1 is 1.11 bits per heavy atom. The molecule has 2 aliphatic rings. The molecule has 3 heterocycles. The van der Waals surface area contributed by atoms with Gasteiger partial charge in [-0.15, -0.1) is 5.10 Å². The van der Waals surface area contributed by atoms with Crippen molar-refractivity contribution >= 4 is 23.4 Å². The topological polar surface area (TPSA) is 130 Å². The molecule has 1 aromatic heterocycles. The summed E-state index contributed by atoms with van der Waals surface area (Å²) >= 11 is 0. The minimum atomic E-state index is -0.915. The van der Waals surface area contributed by atoms with E-state index in [0.717, 1.165) is 11.1 Å². The number of aromatic amines is 1. The van der Waals surface area contributed by atoms with Gasteiger partial charge in [0.2, 0.25) is 11.7 Å². The number of aryl methyl sites for hydroxylation is 1. The summed E-state index contributed by atoms with van der Waals surface area (Å²) in [5.74, 6) is 0.242. The van der Waals surface area contributed by atoms with Gasteiger partial charge in [-0.1, -0.05) is 36.4 Å². The monoisotopic (exact) mass is 518 g/mol. The van der Waals surface area contributed by atoms with Crippen molar-refractivity contribution in [2.75, 3.05) is 44.9 Å². The molecule has 2 aromatic carbocycles. The average molecular weight is 519 g/mol. The zero-order chi connectivity index (χ0) is 26.5. The number of H-pyrrole nitrogens is 1. The van der Waals surface area contributed by atoms with E-state index in [0.29, 0.717) is 62.8 Å². The summed E-state index contributed by atoms with van der Waals surface area (Å²) in [4.78, 5) is 46.1. The van der Waals surface area contributed by atoms with Gasteiger partial charge in [-0.3, -0.25) is 19.5 Å². The molecule has 0 spiro atoms.